The Labute approximate surface area is 82.6 Å². The molecule has 0 saturated heterocycles. The lowest BCUT2D eigenvalue weighted by Gasteiger charge is -1.99. The molecule has 0 amide bonds. The summed E-state index contributed by atoms with van der Waals surface area (Å²) in [6.45, 7) is 0. The van der Waals surface area contributed by atoms with Gasteiger partial charge in [-0.15, -0.1) is 0 Å². The van der Waals surface area contributed by atoms with Crippen molar-refractivity contribution in [3.63, 3.8) is 0 Å². The van der Waals surface area contributed by atoms with E-state index in [4.69, 9.17) is 5.11 Å². The monoisotopic (exact) mass is 199 g/mol. The third kappa shape index (κ3) is 3.14. The van der Waals surface area contributed by atoms with Crippen molar-refractivity contribution < 1.29 is 9.90 Å². The molecule has 1 heterocycles. The molecule has 72 valence electrons. The molecule has 0 radical (unpaired) electrons. The minimum atomic E-state index is -0.758. The van der Waals surface area contributed by atoms with Crippen LogP contribution in [0.25, 0.3) is 0 Å². The van der Waals surface area contributed by atoms with Crippen molar-refractivity contribution in [1.82, 2.24) is 4.98 Å². The van der Waals surface area contributed by atoms with Crippen LogP contribution in [0.1, 0.15) is 17.7 Å². The Hall–Kier alpha value is -0.900. The van der Waals surface area contributed by atoms with Crippen LogP contribution in [0, 0.1) is 0 Å². The van der Waals surface area contributed by atoms with Gasteiger partial charge in [0.05, 0.1) is 6.42 Å². The van der Waals surface area contributed by atoms with Gasteiger partial charge >= 0.3 is 5.97 Å². The number of rotatable bonds is 5. The lowest BCUT2D eigenvalue weighted by molar-refractivity contribution is -0.136. The van der Waals surface area contributed by atoms with Gasteiger partial charge < -0.3 is 10.1 Å². The first-order valence-electron chi connectivity index (χ1n) is 4.22. The Morgan fingerprint density at radius 2 is 2.31 bits per heavy atom. The Bertz CT molecular complexity index is 283. The van der Waals surface area contributed by atoms with Crippen LogP contribution in [-0.4, -0.2) is 21.8 Å². The largest absolute Gasteiger partial charge is 0.481 e. The third-order valence-electron chi connectivity index (χ3n) is 1.90. The summed E-state index contributed by atoms with van der Waals surface area (Å²) in [7, 11) is 0. The smallest absolute Gasteiger partial charge is 0.303 e. The summed E-state index contributed by atoms with van der Waals surface area (Å²) in [4.78, 5) is 13.4. The Kier molecular flexibility index (Phi) is 3.89. The molecule has 2 N–H and O–H groups in total. The highest BCUT2D eigenvalue weighted by Crippen LogP contribution is 2.10. The molecule has 0 bridgehead atoms. The first-order valence-corrected chi connectivity index (χ1v) is 4.85. The average Bonchev–Trinajstić information content (AvgIpc) is 2.49. The van der Waals surface area contributed by atoms with Crippen molar-refractivity contribution in [2.75, 3.05) is 5.75 Å². The van der Waals surface area contributed by atoms with E-state index in [-0.39, 0.29) is 6.42 Å². The number of aromatic nitrogens is 1. The number of carbonyl (C=O) groups is 1. The summed E-state index contributed by atoms with van der Waals surface area (Å²) in [5, 5.41) is 8.50. The quantitative estimate of drug-likeness (QED) is 0.629. The zero-order valence-electron chi connectivity index (χ0n) is 7.29. The third-order valence-corrected chi connectivity index (χ3v) is 2.12. The highest BCUT2D eigenvalue weighted by atomic mass is 32.1. The lowest BCUT2D eigenvalue weighted by Crippen LogP contribution is -2.00. The molecular weight excluding hydrogens is 186 g/mol. The van der Waals surface area contributed by atoms with Crippen molar-refractivity contribution in [3.8, 4) is 0 Å². The maximum atomic E-state index is 10.3. The molecule has 1 aromatic heterocycles. The number of carboxylic acid groups (broad SMARTS) is 1. The molecule has 4 heteroatoms. The van der Waals surface area contributed by atoms with Crippen LogP contribution in [0.4, 0.5) is 0 Å². The number of H-pyrrole nitrogens is 1. The van der Waals surface area contributed by atoms with Crippen molar-refractivity contribution in [2.45, 2.75) is 19.3 Å². The topological polar surface area (TPSA) is 53.1 Å². The molecule has 0 unspecified atom stereocenters. The van der Waals surface area contributed by atoms with Gasteiger partial charge in [-0.2, -0.15) is 12.6 Å². The standard InChI is InChI=1S/C9H13NO2S/c11-9(12)2-1-8-7(4-6-13)3-5-10-8/h3,5,10,13H,1-2,4,6H2,(H,11,12). The van der Waals surface area contributed by atoms with E-state index in [2.05, 4.69) is 17.6 Å². The Morgan fingerprint density at radius 1 is 1.54 bits per heavy atom. The molecule has 0 saturated carbocycles. The van der Waals surface area contributed by atoms with E-state index in [1.165, 1.54) is 5.56 Å². The minimum Gasteiger partial charge on any atom is -0.481 e. The van der Waals surface area contributed by atoms with Crippen LogP contribution >= 0.6 is 12.6 Å². The molecule has 13 heavy (non-hydrogen) atoms. The van der Waals surface area contributed by atoms with Crippen molar-refractivity contribution in [3.05, 3.63) is 23.5 Å². The number of hydrogen-bond acceptors (Lipinski definition) is 2. The number of thiol groups is 1. The summed E-state index contributed by atoms with van der Waals surface area (Å²) >= 11 is 4.13. The van der Waals surface area contributed by atoms with Gasteiger partial charge in [-0.3, -0.25) is 4.79 Å². The zero-order valence-corrected chi connectivity index (χ0v) is 8.18. The van der Waals surface area contributed by atoms with Gasteiger partial charge in [0.15, 0.2) is 0 Å². The zero-order chi connectivity index (χ0) is 9.68. The number of aromatic amines is 1. The number of nitrogens with one attached hydrogen (secondary N) is 1. The summed E-state index contributed by atoms with van der Waals surface area (Å²) in [5.74, 6) is 0.0317. The molecule has 0 aliphatic rings. The molecule has 0 aromatic carbocycles. The summed E-state index contributed by atoms with van der Waals surface area (Å²) in [6, 6.07) is 1.98. The molecule has 0 atom stereocenters. The van der Waals surface area contributed by atoms with Crippen LogP contribution in [0.5, 0.6) is 0 Å². The van der Waals surface area contributed by atoms with E-state index >= 15 is 0 Å². The van der Waals surface area contributed by atoms with E-state index in [1.807, 2.05) is 12.3 Å². The highest BCUT2D eigenvalue weighted by molar-refractivity contribution is 7.80. The molecule has 1 aromatic rings. The van der Waals surface area contributed by atoms with E-state index in [0.717, 1.165) is 17.9 Å². The number of hydrogen-bond donors (Lipinski definition) is 3. The Morgan fingerprint density at radius 3 is 2.92 bits per heavy atom. The van der Waals surface area contributed by atoms with Crippen LogP contribution in [0.3, 0.4) is 0 Å². The summed E-state index contributed by atoms with van der Waals surface area (Å²) in [5.41, 5.74) is 2.20. The molecule has 1 rings (SSSR count). The van der Waals surface area contributed by atoms with Crippen LogP contribution in [-0.2, 0) is 17.6 Å². The van der Waals surface area contributed by atoms with E-state index in [0.29, 0.717) is 6.42 Å². The molecule has 0 spiro atoms. The van der Waals surface area contributed by atoms with Gasteiger partial charge in [0.1, 0.15) is 0 Å². The maximum absolute atomic E-state index is 10.3. The second kappa shape index (κ2) is 4.97. The second-order valence-electron chi connectivity index (χ2n) is 2.85. The number of carboxylic acids is 1. The fraction of sp³-hybridized carbons (Fsp3) is 0.444. The maximum Gasteiger partial charge on any atom is 0.303 e. The molecular formula is C9H13NO2S. The first-order chi connectivity index (χ1) is 6.24. The summed E-state index contributed by atoms with van der Waals surface area (Å²) < 4.78 is 0. The van der Waals surface area contributed by atoms with Crippen molar-refractivity contribution in [2.24, 2.45) is 0 Å². The molecule has 0 aliphatic carbocycles. The first kappa shape index (κ1) is 10.2. The van der Waals surface area contributed by atoms with Gasteiger partial charge in [0.2, 0.25) is 0 Å². The van der Waals surface area contributed by atoms with Gasteiger partial charge in [-0.25, -0.2) is 0 Å². The van der Waals surface area contributed by atoms with Crippen molar-refractivity contribution in [1.29, 1.82) is 0 Å². The number of aliphatic carboxylic acids is 1. The number of aryl methyl sites for hydroxylation is 2. The predicted molar refractivity (Wildman–Crippen MR) is 54.3 cm³/mol. The van der Waals surface area contributed by atoms with Crippen LogP contribution in [0.15, 0.2) is 12.3 Å². The molecule has 0 aliphatic heterocycles. The van der Waals surface area contributed by atoms with Crippen molar-refractivity contribution >= 4 is 18.6 Å². The van der Waals surface area contributed by atoms with Gasteiger partial charge in [0, 0.05) is 11.9 Å². The van der Waals surface area contributed by atoms with Gasteiger partial charge in [-0.05, 0) is 30.2 Å². The van der Waals surface area contributed by atoms with Crippen LogP contribution in [0.2, 0.25) is 0 Å². The van der Waals surface area contributed by atoms with Crippen LogP contribution < -0.4 is 0 Å². The van der Waals surface area contributed by atoms with Gasteiger partial charge in [-0.1, -0.05) is 0 Å². The van der Waals surface area contributed by atoms with E-state index < -0.39 is 5.97 Å². The van der Waals surface area contributed by atoms with Gasteiger partial charge in [0.25, 0.3) is 0 Å². The molecule has 3 nitrogen and oxygen atoms in total. The van der Waals surface area contributed by atoms with E-state index in [9.17, 15) is 4.79 Å². The second-order valence-corrected chi connectivity index (χ2v) is 3.30. The fourth-order valence-corrected chi connectivity index (χ4v) is 1.50. The highest BCUT2D eigenvalue weighted by Gasteiger charge is 2.04. The SMILES string of the molecule is O=C(O)CCc1[nH]ccc1CCS. The summed E-state index contributed by atoms with van der Waals surface area (Å²) in [6.07, 6.45) is 3.49. The minimum absolute atomic E-state index is 0.181. The van der Waals surface area contributed by atoms with E-state index in [1.54, 1.807) is 0 Å². The normalized spacial score (nSPS) is 10.2. The molecule has 0 fully saturated rings. The average molecular weight is 199 g/mol. The predicted octanol–water partition coefficient (Wildman–Crippen LogP) is 1.50. The lowest BCUT2D eigenvalue weighted by atomic mass is 10.1. The Balaban J connectivity index is 2.54. The fourth-order valence-electron chi connectivity index (χ4n) is 1.26.